The molecule has 1 heterocycles. The minimum Gasteiger partial charge on any atom is -0.481 e. The predicted molar refractivity (Wildman–Crippen MR) is 71.1 cm³/mol. The summed E-state index contributed by atoms with van der Waals surface area (Å²) < 4.78 is 0. The van der Waals surface area contributed by atoms with Crippen LogP contribution in [0.25, 0.3) is 0 Å². The van der Waals surface area contributed by atoms with E-state index in [1.165, 1.54) is 12.8 Å². The molecule has 0 aromatic rings. The molecule has 2 fully saturated rings. The quantitative estimate of drug-likeness (QED) is 0.747. The number of aliphatic carboxylic acids is 1. The van der Waals surface area contributed by atoms with Crippen LogP contribution in [0.5, 0.6) is 0 Å². The molecule has 0 radical (unpaired) electrons. The molecule has 0 bridgehead atoms. The van der Waals surface area contributed by atoms with Gasteiger partial charge in [-0.25, -0.2) is 4.79 Å². The first kappa shape index (κ1) is 14.8. The average Bonchev–Trinajstić information content (AvgIpc) is 3.21. The Hall–Kier alpha value is -1.63. The number of nitrogens with one attached hydrogen (secondary N) is 1. The minimum absolute atomic E-state index is 0.164. The third-order valence-corrected chi connectivity index (χ3v) is 3.69. The Kier molecular flexibility index (Phi) is 4.94. The number of urea groups is 1. The maximum atomic E-state index is 11.8. The van der Waals surface area contributed by atoms with Crippen LogP contribution in [-0.2, 0) is 9.59 Å². The molecule has 1 saturated carbocycles. The van der Waals surface area contributed by atoms with Crippen LogP contribution < -0.4 is 5.32 Å². The standard InChI is InChI=1S/C13H21N3O4/c17-11(3-4-12(18)19)14-13(20)16-7-5-15(6-8-16)9-10-1-2-10/h10H,1-9H2,(H,18,19)(H,14,17,20). The average molecular weight is 283 g/mol. The molecular formula is C13H21N3O4. The summed E-state index contributed by atoms with van der Waals surface area (Å²) in [5.74, 6) is -0.730. The Labute approximate surface area is 117 Å². The van der Waals surface area contributed by atoms with Crippen molar-refractivity contribution in [3.63, 3.8) is 0 Å². The van der Waals surface area contributed by atoms with Crippen molar-refractivity contribution >= 4 is 17.9 Å². The molecule has 20 heavy (non-hydrogen) atoms. The highest BCUT2D eigenvalue weighted by Gasteiger charge is 2.27. The Morgan fingerprint density at radius 3 is 2.25 bits per heavy atom. The zero-order valence-corrected chi connectivity index (χ0v) is 11.5. The van der Waals surface area contributed by atoms with Crippen LogP contribution in [0.3, 0.4) is 0 Å². The number of carbonyl (C=O) groups excluding carboxylic acids is 2. The van der Waals surface area contributed by atoms with Crippen molar-refractivity contribution in [2.45, 2.75) is 25.7 Å². The number of imide groups is 1. The van der Waals surface area contributed by atoms with Crippen LogP contribution in [0.1, 0.15) is 25.7 Å². The highest BCUT2D eigenvalue weighted by Crippen LogP contribution is 2.29. The predicted octanol–water partition coefficient (Wildman–Crippen LogP) is 0.115. The third kappa shape index (κ3) is 4.80. The van der Waals surface area contributed by atoms with Gasteiger partial charge in [0.1, 0.15) is 0 Å². The van der Waals surface area contributed by atoms with Gasteiger partial charge < -0.3 is 10.0 Å². The minimum atomic E-state index is -1.04. The Morgan fingerprint density at radius 2 is 1.70 bits per heavy atom. The van der Waals surface area contributed by atoms with Gasteiger partial charge in [0, 0.05) is 39.1 Å². The first-order valence-electron chi connectivity index (χ1n) is 7.07. The van der Waals surface area contributed by atoms with Gasteiger partial charge in [-0.1, -0.05) is 0 Å². The SMILES string of the molecule is O=C(O)CCC(=O)NC(=O)N1CCN(CC2CC2)CC1. The van der Waals surface area contributed by atoms with Gasteiger partial charge in [-0.15, -0.1) is 0 Å². The second-order valence-corrected chi connectivity index (χ2v) is 5.48. The Balaban J connectivity index is 1.65. The number of amides is 3. The zero-order chi connectivity index (χ0) is 14.5. The van der Waals surface area contributed by atoms with Gasteiger partial charge in [-0.3, -0.25) is 19.8 Å². The van der Waals surface area contributed by atoms with E-state index in [0.717, 1.165) is 25.6 Å². The lowest BCUT2D eigenvalue weighted by atomic mass is 10.3. The van der Waals surface area contributed by atoms with E-state index in [1.54, 1.807) is 4.90 Å². The fraction of sp³-hybridized carbons (Fsp3) is 0.769. The van der Waals surface area contributed by atoms with E-state index in [4.69, 9.17) is 5.11 Å². The lowest BCUT2D eigenvalue weighted by Gasteiger charge is -2.34. The normalized spacial score (nSPS) is 19.7. The Morgan fingerprint density at radius 1 is 1.05 bits per heavy atom. The van der Waals surface area contributed by atoms with Crippen molar-refractivity contribution in [1.29, 1.82) is 0 Å². The highest BCUT2D eigenvalue weighted by atomic mass is 16.4. The number of carboxylic acid groups (broad SMARTS) is 1. The second kappa shape index (κ2) is 6.69. The molecule has 3 amide bonds. The van der Waals surface area contributed by atoms with Crippen molar-refractivity contribution in [1.82, 2.24) is 15.1 Å². The summed E-state index contributed by atoms with van der Waals surface area (Å²) in [6.07, 6.45) is 2.22. The number of rotatable bonds is 5. The van der Waals surface area contributed by atoms with Gasteiger partial charge in [-0.2, -0.15) is 0 Å². The number of carboxylic acids is 1. The van der Waals surface area contributed by atoms with Crippen molar-refractivity contribution in [3.8, 4) is 0 Å². The Bertz CT molecular complexity index is 387. The number of carbonyl (C=O) groups is 3. The lowest BCUT2D eigenvalue weighted by Crippen LogP contribution is -2.53. The molecule has 0 aromatic carbocycles. The topological polar surface area (TPSA) is 89.9 Å². The molecule has 2 rings (SSSR count). The highest BCUT2D eigenvalue weighted by molar-refractivity contribution is 5.95. The van der Waals surface area contributed by atoms with Crippen molar-refractivity contribution in [3.05, 3.63) is 0 Å². The summed E-state index contributed by atoms with van der Waals surface area (Å²) in [6.45, 7) is 4.03. The van der Waals surface area contributed by atoms with E-state index in [2.05, 4.69) is 10.2 Å². The second-order valence-electron chi connectivity index (χ2n) is 5.48. The molecule has 2 aliphatic rings. The molecule has 0 atom stereocenters. The molecule has 7 nitrogen and oxygen atoms in total. The van der Waals surface area contributed by atoms with E-state index >= 15 is 0 Å². The van der Waals surface area contributed by atoms with Gasteiger partial charge >= 0.3 is 12.0 Å². The van der Waals surface area contributed by atoms with Crippen LogP contribution in [0.15, 0.2) is 0 Å². The summed E-state index contributed by atoms with van der Waals surface area (Å²) in [5, 5.41) is 10.7. The van der Waals surface area contributed by atoms with Gasteiger partial charge in [-0.05, 0) is 18.8 Å². The molecule has 7 heteroatoms. The first-order valence-corrected chi connectivity index (χ1v) is 7.07. The van der Waals surface area contributed by atoms with Crippen LogP contribution in [0.2, 0.25) is 0 Å². The molecule has 1 aliphatic heterocycles. The summed E-state index contributed by atoms with van der Waals surface area (Å²) in [6, 6.07) is -0.411. The molecular weight excluding hydrogens is 262 g/mol. The molecule has 1 aliphatic carbocycles. The summed E-state index contributed by atoms with van der Waals surface area (Å²) in [4.78, 5) is 37.5. The van der Waals surface area contributed by atoms with E-state index in [0.29, 0.717) is 13.1 Å². The zero-order valence-electron chi connectivity index (χ0n) is 11.5. The monoisotopic (exact) mass is 283 g/mol. The van der Waals surface area contributed by atoms with Crippen molar-refractivity contribution < 1.29 is 19.5 Å². The summed E-state index contributed by atoms with van der Waals surface area (Å²) >= 11 is 0. The molecule has 0 unspecified atom stereocenters. The van der Waals surface area contributed by atoms with E-state index in [-0.39, 0.29) is 12.8 Å². The van der Waals surface area contributed by atoms with Crippen LogP contribution in [0, 0.1) is 5.92 Å². The van der Waals surface area contributed by atoms with Gasteiger partial charge in [0.2, 0.25) is 5.91 Å². The van der Waals surface area contributed by atoms with E-state index in [9.17, 15) is 14.4 Å². The lowest BCUT2D eigenvalue weighted by molar-refractivity contribution is -0.138. The molecule has 112 valence electrons. The molecule has 0 spiro atoms. The summed E-state index contributed by atoms with van der Waals surface area (Å²) in [5.41, 5.74) is 0. The molecule has 1 saturated heterocycles. The smallest absolute Gasteiger partial charge is 0.324 e. The maximum absolute atomic E-state index is 11.8. The van der Waals surface area contributed by atoms with E-state index < -0.39 is 17.9 Å². The van der Waals surface area contributed by atoms with Gasteiger partial charge in [0.05, 0.1) is 6.42 Å². The van der Waals surface area contributed by atoms with Crippen LogP contribution in [-0.4, -0.2) is 65.5 Å². The largest absolute Gasteiger partial charge is 0.481 e. The summed E-state index contributed by atoms with van der Waals surface area (Å²) in [7, 11) is 0. The van der Waals surface area contributed by atoms with Gasteiger partial charge in [0.25, 0.3) is 0 Å². The molecule has 2 N–H and O–H groups in total. The van der Waals surface area contributed by atoms with E-state index in [1.807, 2.05) is 0 Å². The van der Waals surface area contributed by atoms with Gasteiger partial charge in [0.15, 0.2) is 0 Å². The maximum Gasteiger partial charge on any atom is 0.324 e. The van der Waals surface area contributed by atoms with Crippen LogP contribution >= 0.6 is 0 Å². The number of nitrogens with zero attached hydrogens (tertiary/aromatic N) is 2. The number of hydrogen-bond acceptors (Lipinski definition) is 4. The fourth-order valence-electron chi connectivity index (χ4n) is 2.28. The van der Waals surface area contributed by atoms with Crippen LogP contribution in [0.4, 0.5) is 4.79 Å². The molecule has 0 aromatic heterocycles. The number of piperazine rings is 1. The third-order valence-electron chi connectivity index (χ3n) is 3.69. The van der Waals surface area contributed by atoms with Crippen molar-refractivity contribution in [2.75, 3.05) is 32.7 Å². The van der Waals surface area contributed by atoms with Crippen molar-refractivity contribution in [2.24, 2.45) is 5.92 Å². The fourth-order valence-corrected chi connectivity index (χ4v) is 2.28. The number of hydrogen-bond donors (Lipinski definition) is 2. The first-order chi connectivity index (χ1) is 9.54.